The number of aromatic nitrogens is 3. The zero-order valence-electron chi connectivity index (χ0n) is 11.6. The van der Waals surface area contributed by atoms with Gasteiger partial charge in [0.1, 0.15) is 11.3 Å². The van der Waals surface area contributed by atoms with Crippen molar-refractivity contribution in [2.75, 3.05) is 7.11 Å². The maximum Gasteiger partial charge on any atom is 0.360 e. The van der Waals surface area contributed by atoms with E-state index in [2.05, 4.69) is 10.1 Å². The normalized spacial score (nSPS) is 10.9. The molecule has 0 bridgehead atoms. The molecule has 0 unspecified atom stereocenters. The van der Waals surface area contributed by atoms with Crippen molar-refractivity contribution in [3.63, 3.8) is 0 Å². The van der Waals surface area contributed by atoms with Gasteiger partial charge < -0.3 is 4.74 Å². The van der Waals surface area contributed by atoms with Crippen molar-refractivity contribution in [3.05, 3.63) is 58.6 Å². The van der Waals surface area contributed by atoms with Gasteiger partial charge in [-0.05, 0) is 24.3 Å². The fourth-order valence-corrected chi connectivity index (χ4v) is 2.33. The van der Waals surface area contributed by atoms with Crippen molar-refractivity contribution < 1.29 is 13.9 Å². The van der Waals surface area contributed by atoms with Gasteiger partial charge in [0.05, 0.1) is 19.2 Å². The average molecular weight is 320 g/mol. The molecule has 0 aliphatic rings. The number of esters is 1. The van der Waals surface area contributed by atoms with E-state index in [0.29, 0.717) is 21.6 Å². The topological polar surface area (TPSA) is 57.0 Å². The number of fused-ring (bicyclic) bond motifs is 1. The summed E-state index contributed by atoms with van der Waals surface area (Å²) >= 11 is 5.75. The summed E-state index contributed by atoms with van der Waals surface area (Å²) in [6.45, 7) is 0.155. The highest BCUT2D eigenvalue weighted by Gasteiger charge is 2.19. The maximum absolute atomic E-state index is 13.9. The van der Waals surface area contributed by atoms with Crippen LogP contribution in [0.3, 0.4) is 0 Å². The Kier molecular flexibility index (Phi) is 3.77. The van der Waals surface area contributed by atoms with E-state index in [9.17, 15) is 9.18 Å². The Morgan fingerprint density at radius 1 is 1.41 bits per heavy atom. The molecule has 2 heterocycles. The van der Waals surface area contributed by atoms with E-state index >= 15 is 0 Å². The van der Waals surface area contributed by atoms with E-state index in [1.54, 1.807) is 30.5 Å². The number of rotatable bonds is 3. The molecule has 3 rings (SSSR count). The third kappa shape index (κ3) is 2.53. The SMILES string of the molecule is COC(=O)c1nn(Cc2ccc(Cl)cc2F)c2cccnc12. The fourth-order valence-electron chi connectivity index (χ4n) is 2.18. The minimum atomic E-state index is -0.584. The summed E-state index contributed by atoms with van der Waals surface area (Å²) in [5.74, 6) is -1.02. The molecule has 0 radical (unpaired) electrons. The second-order valence-electron chi connectivity index (χ2n) is 4.60. The van der Waals surface area contributed by atoms with E-state index in [4.69, 9.17) is 16.3 Å². The smallest absolute Gasteiger partial charge is 0.360 e. The minimum absolute atomic E-state index is 0.104. The molecule has 0 fully saturated rings. The van der Waals surface area contributed by atoms with Crippen molar-refractivity contribution in [2.24, 2.45) is 0 Å². The Morgan fingerprint density at radius 2 is 2.23 bits per heavy atom. The number of carbonyl (C=O) groups is 1. The largest absolute Gasteiger partial charge is 0.464 e. The van der Waals surface area contributed by atoms with Crippen molar-refractivity contribution >= 4 is 28.6 Å². The number of nitrogens with zero attached hydrogens (tertiary/aromatic N) is 3. The van der Waals surface area contributed by atoms with Gasteiger partial charge in [0.25, 0.3) is 0 Å². The number of halogens is 2. The average Bonchev–Trinajstić information content (AvgIpc) is 2.88. The fraction of sp³-hybridized carbons (Fsp3) is 0.133. The molecule has 1 aromatic carbocycles. The van der Waals surface area contributed by atoms with E-state index < -0.39 is 11.8 Å². The van der Waals surface area contributed by atoms with E-state index in [1.165, 1.54) is 17.9 Å². The van der Waals surface area contributed by atoms with Gasteiger partial charge in [-0.2, -0.15) is 5.10 Å². The van der Waals surface area contributed by atoms with Gasteiger partial charge in [0.2, 0.25) is 0 Å². The van der Waals surface area contributed by atoms with E-state index in [-0.39, 0.29) is 12.2 Å². The third-order valence-electron chi connectivity index (χ3n) is 3.22. The van der Waals surface area contributed by atoms with Crippen LogP contribution < -0.4 is 0 Å². The zero-order valence-corrected chi connectivity index (χ0v) is 12.3. The number of pyridine rings is 1. The van der Waals surface area contributed by atoms with Crippen molar-refractivity contribution in [1.29, 1.82) is 0 Å². The Hall–Kier alpha value is -2.47. The summed E-state index contributed by atoms with van der Waals surface area (Å²) in [4.78, 5) is 15.9. The molecule has 0 atom stereocenters. The number of methoxy groups -OCH3 is 1. The third-order valence-corrected chi connectivity index (χ3v) is 3.46. The Morgan fingerprint density at radius 3 is 2.95 bits per heavy atom. The predicted octanol–water partition coefficient (Wildman–Crippen LogP) is 3.06. The number of ether oxygens (including phenoxy) is 1. The van der Waals surface area contributed by atoms with Crippen LogP contribution in [0, 0.1) is 5.82 Å². The predicted molar refractivity (Wildman–Crippen MR) is 79.4 cm³/mol. The summed E-state index contributed by atoms with van der Waals surface area (Å²) in [6.07, 6.45) is 1.56. The highest BCUT2D eigenvalue weighted by atomic mass is 35.5. The number of benzene rings is 1. The lowest BCUT2D eigenvalue weighted by Crippen LogP contribution is -2.07. The number of carbonyl (C=O) groups excluding carboxylic acids is 1. The highest BCUT2D eigenvalue weighted by molar-refractivity contribution is 6.30. The van der Waals surface area contributed by atoms with Gasteiger partial charge in [-0.15, -0.1) is 0 Å². The standard InChI is InChI=1S/C15H11ClFN3O2/c1-22-15(21)14-13-12(3-2-6-18-13)20(19-14)8-9-4-5-10(16)7-11(9)17/h2-7H,8H2,1H3. The van der Waals surface area contributed by atoms with E-state index in [1.807, 2.05) is 0 Å². The molecule has 3 aromatic rings. The van der Waals surface area contributed by atoms with Crippen LogP contribution in [0.15, 0.2) is 36.5 Å². The Labute approximate surface area is 130 Å². The summed E-state index contributed by atoms with van der Waals surface area (Å²) in [5, 5.41) is 4.52. The molecule has 0 aliphatic carbocycles. The number of hydrogen-bond donors (Lipinski definition) is 0. The molecule has 0 saturated heterocycles. The van der Waals surface area contributed by atoms with Crippen molar-refractivity contribution in [3.8, 4) is 0 Å². The summed E-state index contributed by atoms with van der Waals surface area (Å²) in [7, 11) is 1.27. The first-order chi connectivity index (χ1) is 10.6. The second-order valence-corrected chi connectivity index (χ2v) is 5.04. The quantitative estimate of drug-likeness (QED) is 0.696. The van der Waals surface area contributed by atoms with E-state index in [0.717, 1.165) is 0 Å². The molecule has 112 valence electrons. The molecular weight excluding hydrogens is 309 g/mol. The lowest BCUT2D eigenvalue weighted by Gasteiger charge is -2.05. The molecule has 0 saturated carbocycles. The summed E-state index contributed by atoms with van der Waals surface area (Å²) < 4.78 is 20.2. The summed E-state index contributed by atoms with van der Waals surface area (Å²) in [6, 6.07) is 7.90. The monoisotopic (exact) mass is 319 g/mol. The zero-order chi connectivity index (χ0) is 15.7. The first-order valence-electron chi connectivity index (χ1n) is 6.44. The maximum atomic E-state index is 13.9. The van der Waals surface area contributed by atoms with Crippen LogP contribution in [-0.4, -0.2) is 27.8 Å². The van der Waals surface area contributed by atoms with Gasteiger partial charge in [-0.1, -0.05) is 17.7 Å². The Bertz CT molecular complexity index is 863. The molecule has 22 heavy (non-hydrogen) atoms. The first kappa shape index (κ1) is 14.5. The molecule has 0 spiro atoms. The molecular formula is C15H11ClFN3O2. The molecule has 0 aliphatic heterocycles. The highest BCUT2D eigenvalue weighted by Crippen LogP contribution is 2.20. The van der Waals surface area contributed by atoms with Gasteiger partial charge in [0.15, 0.2) is 5.69 Å². The van der Waals surface area contributed by atoms with Gasteiger partial charge in [-0.3, -0.25) is 9.67 Å². The van der Waals surface area contributed by atoms with Crippen LogP contribution in [0.5, 0.6) is 0 Å². The lowest BCUT2D eigenvalue weighted by atomic mass is 10.2. The van der Waals surface area contributed by atoms with Crippen LogP contribution in [0.4, 0.5) is 4.39 Å². The lowest BCUT2D eigenvalue weighted by molar-refractivity contribution is 0.0595. The Balaban J connectivity index is 2.09. The molecule has 0 amide bonds. The number of hydrogen-bond acceptors (Lipinski definition) is 4. The van der Waals surface area contributed by atoms with Crippen LogP contribution in [-0.2, 0) is 11.3 Å². The van der Waals surface area contributed by atoms with Crippen LogP contribution in [0.1, 0.15) is 16.1 Å². The van der Waals surface area contributed by atoms with Gasteiger partial charge >= 0.3 is 5.97 Å². The van der Waals surface area contributed by atoms with Gasteiger partial charge in [-0.25, -0.2) is 9.18 Å². The van der Waals surface area contributed by atoms with Gasteiger partial charge in [0, 0.05) is 16.8 Å². The van der Waals surface area contributed by atoms with Crippen LogP contribution in [0.2, 0.25) is 5.02 Å². The summed E-state index contributed by atoms with van der Waals surface area (Å²) in [5.41, 5.74) is 1.56. The minimum Gasteiger partial charge on any atom is -0.464 e. The second kappa shape index (κ2) is 5.73. The molecule has 2 aromatic heterocycles. The first-order valence-corrected chi connectivity index (χ1v) is 6.81. The van der Waals surface area contributed by atoms with Crippen molar-refractivity contribution in [1.82, 2.24) is 14.8 Å². The van der Waals surface area contributed by atoms with Crippen LogP contribution >= 0.6 is 11.6 Å². The van der Waals surface area contributed by atoms with Crippen molar-refractivity contribution in [2.45, 2.75) is 6.54 Å². The molecule has 7 heteroatoms. The van der Waals surface area contributed by atoms with Crippen LogP contribution in [0.25, 0.3) is 11.0 Å². The molecule has 0 N–H and O–H groups in total. The molecule has 5 nitrogen and oxygen atoms in total.